The normalized spacial score (nSPS) is 11.9. The molecule has 2 aromatic carbocycles. The van der Waals surface area contributed by atoms with E-state index in [9.17, 15) is 14.7 Å². The van der Waals surface area contributed by atoms with Crippen LogP contribution in [0.2, 0.25) is 5.02 Å². The Morgan fingerprint density at radius 3 is 2.42 bits per heavy atom. The minimum atomic E-state index is -1.07. The van der Waals surface area contributed by atoms with E-state index in [1.807, 2.05) is 18.2 Å². The number of carboxylic acids is 1. The number of rotatable bonds is 6. The SMILES string of the molecule is CCOSC(=O)SC(C(=O)O)c1ccc(-c2ccccc2Cl)cc1. The third-order valence-electron chi connectivity index (χ3n) is 3.08. The zero-order valence-corrected chi connectivity index (χ0v) is 15.2. The molecule has 24 heavy (non-hydrogen) atoms. The standard InChI is InChI=1S/C17H15ClO4S2/c1-2-22-24-17(21)23-15(16(19)20)12-9-7-11(8-10-12)13-5-3-4-6-14(13)18/h3-10,15H,2H2,1H3,(H,19,20). The second-order valence-corrected chi connectivity index (χ2v) is 7.19. The summed E-state index contributed by atoms with van der Waals surface area (Å²) in [5, 5.41) is 9.03. The first-order valence-corrected chi connectivity index (χ1v) is 9.10. The van der Waals surface area contributed by atoms with Gasteiger partial charge in [0.05, 0.1) is 18.6 Å². The lowest BCUT2D eigenvalue weighted by Crippen LogP contribution is -2.09. The van der Waals surface area contributed by atoms with Gasteiger partial charge in [0.2, 0.25) is 0 Å². The molecule has 0 radical (unpaired) electrons. The summed E-state index contributed by atoms with van der Waals surface area (Å²) in [6, 6.07) is 14.4. The molecule has 0 bridgehead atoms. The summed E-state index contributed by atoms with van der Waals surface area (Å²) in [4.78, 5) is 23.2. The van der Waals surface area contributed by atoms with Gasteiger partial charge >= 0.3 is 5.97 Å². The zero-order valence-electron chi connectivity index (χ0n) is 12.8. The molecule has 0 fully saturated rings. The van der Waals surface area contributed by atoms with E-state index in [1.54, 1.807) is 37.3 Å². The largest absolute Gasteiger partial charge is 0.480 e. The van der Waals surface area contributed by atoms with Crippen LogP contribution in [0, 0.1) is 0 Å². The molecule has 0 amide bonds. The zero-order chi connectivity index (χ0) is 17.5. The monoisotopic (exact) mass is 382 g/mol. The highest BCUT2D eigenvalue weighted by Gasteiger charge is 2.25. The average molecular weight is 383 g/mol. The first-order chi connectivity index (χ1) is 11.5. The highest BCUT2D eigenvalue weighted by atomic mass is 35.5. The second kappa shape index (κ2) is 9.13. The van der Waals surface area contributed by atoms with E-state index < -0.39 is 11.2 Å². The first-order valence-electron chi connectivity index (χ1n) is 7.10. The molecule has 0 spiro atoms. The van der Waals surface area contributed by atoms with E-state index in [0.717, 1.165) is 22.9 Å². The van der Waals surface area contributed by atoms with Crippen LogP contribution in [0.15, 0.2) is 48.5 Å². The maximum atomic E-state index is 11.7. The molecule has 0 aliphatic rings. The molecule has 0 aliphatic carbocycles. The van der Waals surface area contributed by atoms with E-state index in [2.05, 4.69) is 0 Å². The van der Waals surface area contributed by atoms with E-state index in [1.165, 1.54) is 0 Å². The second-order valence-electron chi connectivity index (χ2n) is 4.68. The van der Waals surface area contributed by atoms with Crippen LogP contribution < -0.4 is 0 Å². The number of carbonyl (C=O) groups excluding carboxylic acids is 1. The van der Waals surface area contributed by atoms with Gasteiger partial charge in [-0.05, 0) is 24.1 Å². The minimum Gasteiger partial charge on any atom is -0.480 e. The summed E-state index contributed by atoms with van der Waals surface area (Å²) in [6.45, 7) is 2.13. The van der Waals surface area contributed by atoms with Crippen LogP contribution in [0.25, 0.3) is 11.1 Å². The Bertz CT molecular complexity index is 719. The van der Waals surface area contributed by atoms with Crippen LogP contribution in [0.1, 0.15) is 17.7 Å². The average Bonchev–Trinajstić information content (AvgIpc) is 2.58. The Labute approximate surface area is 153 Å². The molecule has 1 unspecified atom stereocenters. The Morgan fingerprint density at radius 2 is 1.83 bits per heavy atom. The van der Waals surface area contributed by atoms with E-state index in [-0.39, 0.29) is 4.45 Å². The topological polar surface area (TPSA) is 63.6 Å². The smallest absolute Gasteiger partial charge is 0.321 e. The molecule has 2 aromatic rings. The van der Waals surface area contributed by atoms with Crippen LogP contribution in [0.5, 0.6) is 0 Å². The van der Waals surface area contributed by atoms with Crippen LogP contribution in [-0.4, -0.2) is 22.1 Å². The van der Waals surface area contributed by atoms with Crippen molar-refractivity contribution in [2.75, 3.05) is 6.61 Å². The number of carbonyl (C=O) groups is 2. The number of aliphatic carboxylic acids is 1. The molecular formula is C17H15ClO4S2. The van der Waals surface area contributed by atoms with Crippen molar-refractivity contribution >= 4 is 45.8 Å². The Kier molecular flexibility index (Phi) is 7.17. The lowest BCUT2D eigenvalue weighted by molar-refractivity contribution is -0.136. The number of carboxylic acid groups (broad SMARTS) is 1. The summed E-state index contributed by atoms with van der Waals surface area (Å²) >= 11 is 7.56. The quantitative estimate of drug-likeness (QED) is 0.649. The molecule has 0 saturated carbocycles. The van der Waals surface area contributed by atoms with Gasteiger partial charge in [0, 0.05) is 10.6 Å². The van der Waals surface area contributed by atoms with Crippen molar-refractivity contribution in [2.45, 2.75) is 12.2 Å². The molecule has 1 N–H and O–H groups in total. The molecule has 0 aromatic heterocycles. The summed E-state index contributed by atoms with van der Waals surface area (Å²) in [6.07, 6.45) is 0. The van der Waals surface area contributed by atoms with Crippen molar-refractivity contribution in [3.8, 4) is 11.1 Å². The molecule has 7 heteroatoms. The van der Waals surface area contributed by atoms with Gasteiger partial charge in [-0.2, -0.15) is 0 Å². The third kappa shape index (κ3) is 5.01. The number of halogens is 1. The van der Waals surface area contributed by atoms with Gasteiger partial charge in [-0.3, -0.25) is 9.59 Å². The Balaban J connectivity index is 2.19. The third-order valence-corrected chi connectivity index (χ3v) is 5.30. The molecule has 0 saturated heterocycles. The van der Waals surface area contributed by atoms with E-state index >= 15 is 0 Å². The van der Waals surface area contributed by atoms with Gasteiger partial charge < -0.3 is 9.29 Å². The Hall–Kier alpha value is -1.47. The molecule has 0 heterocycles. The van der Waals surface area contributed by atoms with Gasteiger partial charge in [-0.1, -0.05) is 65.8 Å². The van der Waals surface area contributed by atoms with Gasteiger partial charge in [-0.15, -0.1) is 0 Å². The lowest BCUT2D eigenvalue weighted by atomic mass is 10.0. The number of hydrogen-bond donors (Lipinski definition) is 1. The van der Waals surface area contributed by atoms with E-state index in [4.69, 9.17) is 15.8 Å². The van der Waals surface area contributed by atoms with Crippen molar-refractivity contribution in [3.05, 3.63) is 59.1 Å². The van der Waals surface area contributed by atoms with Crippen molar-refractivity contribution in [2.24, 2.45) is 0 Å². The number of hydrogen-bond acceptors (Lipinski definition) is 5. The molecular weight excluding hydrogens is 368 g/mol. The van der Waals surface area contributed by atoms with Gasteiger partial charge in [0.1, 0.15) is 5.25 Å². The van der Waals surface area contributed by atoms with Crippen LogP contribution in [0.4, 0.5) is 4.79 Å². The summed E-state index contributed by atoms with van der Waals surface area (Å²) in [7, 11) is 0. The molecule has 2 rings (SSSR count). The highest BCUT2D eigenvalue weighted by molar-refractivity contribution is 8.37. The highest BCUT2D eigenvalue weighted by Crippen LogP contribution is 2.35. The van der Waals surface area contributed by atoms with Crippen molar-refractivity contribution < 1.29 is 18.9 Å². The fraction of sp³-hybridized carbons (Fsp3) is 0.176. The van der Waals surface area contributed by atoms with Gasteiger partial charge in [0.15, 0.2) is 0 Å². The minimum absolute atomic E-state index is 0.376. The predicted octanol–water partition coefficient (Wildman–Crippen LogP) is 5.67. The van der Waals surface area contributed by atoms with Crippen molar-refractivity contribution in [1.29, 1.82) is 0 Å². The summed E-state index contributed by atoms with van der Waals surface area (Å²) in [5.74, 6) is -1.07. The first kappa shape index (κ1) is 18.9. The maximum Gasteiger partial charge on any atom is 0.321 e. The maximum absolute atomic E-state index is 11.7. The fourth-order valence-electron chi connectivity index (χ4n) is 2.02. The molecule has 4 nitrogen and oxygen atoms in total. The number of benzene rings is 2. The van der Waals surface area contributed by atoms with Crippen molar-refractivity contribution in [1.82, 2.24) is 0 Å². The van der Waals surface area contributed by atoms with Crippen molar-refractivity contribution in [3.63, 3.8) is 0 Å². The summed E-state index contributed by atoms with van der Waals surface area (Å²) < 4.78 is 4.55. The molecule has 0 aliphatic heterocycles. The van der Waals surface area contributed by atoms with Gasteiger partial charge in [0.25, 0.3) is 4.45 Å². The molecule has 1 atom stereocenters. The lowest BCUT2D eigenvalue weighted by Gasteiger charge is -2.12. The van der Waals surface area contributed by atoms with Crippen LogP contribution >= 0.6 is 35.4 Å². The number of thioether (sulfide) groups is 1. The molecule has 126 valence electrons. The summed E-state index contributed by atoms with van der Waals surface area (Å²) in [5.41, 5.74) is 2.29. The van der Waals surface area contributed by atoms with E-state index in [0.29, 0.717) is 29.2 Å². The van der Waals surface area contributed by atoms with Gasteiger partial charge in [-0.25, -0.2) is 0 Å². The van der Waals surface area contributed by atoms with Crippen LogP contribution in [-0.2, 0) is 8.98 Å². The van der Waals surface area contributed by atoms with Crippen LogP contribution in [0.3, 0.4) is 0 Å². The predicted molar refractivity (Wildman–Crippen MR) is 99.5 cm³/mol. The Morgan fingerprint density at radius 1 is 1.17 bits per heavy atom. The fourth-order valence-corrected chi connectivity index (χ4v) is 3.65.